The molecular formula is C70H136O17P2. The smallest absolute Gasteiger partial charge is 0.462 e. The van der Waals surface area contributed by atoms with Crippen molar-refractivity contribution in [2.75, 3.05) is 39.6 Å². The molecule has 0 radical (unpaired) electrons. The number of ether oxygens (including phenoxy) is 4. The van der Waals surface area contributed by atoms with Crippen LogP contribution in [0, 0.1) is 23.7 Å². The number of hydrogen-bond donors (Lipinski definition) is 3. The van der Waals surface area contributed by atoms with Crippen LogP contribution in [-0.2, 0) is 65.4 Å². The highest BCUT2D eigenvalue weighted by molar-refractivity contribution is 7.47. The van der Waals surface area contributed by atoms with E-state index in [1.165, 1.54) is 141 Å². The first-order valence-corrected chi connectivity index (χ1v) is 39.2. The third kappa shape index (κ3) is 63.2. The van der Waals surface area contributed by atoms with Crippen molar-refractivity contribution >= 4 is 39.5 Å². The van der Waals surface area contributed by atoms with Gasteiger partial charge in [-0.05, 0) is 49.4 Å². The third-order valence-corrected chi connectivity index (χ3v) is 18.3. The maximum absolute atomic E-state index is 13.0. The molecule has 0 aromatic carbocycles. The monoisotopic (exact) mass is 1310 g/mol. The number of phosphoric acid groups is 2. The van der Waals surface area contributed by atoms with Crippen molar-refractivity contribution in [3.05, 3.63) is 0 Å². The molecule has 6 atom stereocenters. The molecule has 0 rings (SSSR count). The Morgan fingerprint density at radius 1 is 0.315 bits per heavy atom. The van der Waals surface area contributed by atoms with Crippen LogP contribution in [0.3, 0.4) is 0 Å². The summed E-state index contributed by atoms with van der Waals surface area (Å²) in [6.07, 6.45) is 41.7. The lowest BCUT2D eigenvalue weighted by atomic mass is 10.00. The van der Waals surface area contributed by atoms with E-state index in [4.69, 9.17) is 37.0 Å². The van der Waals surface area contributed by atoms with Crippen LogP contribution in [0.4, 0.5) is 0 Å². The number of rotatable bonds is 67. The summed E-state index contributed by atoms with van der Waals surface area (Å²) in [5, 5.41) is 10.6. The van der Waals surface area contributed by atoms with Crippen LogP contribution in [0.5, 0.6) is 0 Å². The summed E-state index contributed by atoms with van der Waals surface area (Å²) in [7, 11) is -9.90. The highest BCUT2D eigenvalue weighted by atomic mass is 31.2. The van der Waals surface area contributed by atoms with E-state index in [0.29, 0.717) is 25.7 Å². The van der Waals surface area contributed by atoms with Gasteiger partial charge in [-0.2, -0.15) is 0 Å². The quantitative estimate of drug-likeness (QED) is 0.0222. The normalized spacial score (nSPS) is 14.6. The zero-order valence-corrected chi connectivity index (χ0v) is 59.8. The molecule has 0 aliphatic carbocycles. The zero-order chi connectivity index (χ0) is 66.1. The molecule has 3 N–H and O–H groups in total. The first kappa shape index (κ1) is 87.1. The predicted molar refractivity (Wildman–Crippen MR) is 358 cm³/mol. The Hall–Kier alpha value is -1.94. The van der Waals surface area contributed by atoms with Gasteiger partial charge < -0.3 is 33.8 Å². The topological polar surface area (TPSA) is 237 Å². The lowest BCUT2D eigenvalue weighted by molar-refractivity contribution is -0.161. The Labute approximate surface area is 543 Å². The molecule has 0 bridgehead atoms. The highest BCUT2D eigenvalue weighted by Crippen LogP contribution is 2.45. The number of phosphoric ester groups is 2. The summed E-state index contributed by atoms with van der Waals surface area (Å²) >= 11 is 0. The minimum absolute atomic E-state index is 0.104. The van der Waals surface area contributed by atoms with Gasteiger partial charge in [0.1, 0.15) is 19.3 Å². The van der Waals surface area contributed by atoms with Gasteiger partial charge in [-0.1, -0.05) is 293 Å². The molecule has 0 aliphatic rings. The van der Waals surface area contributed by atoms with Crippen molar-refractivity contribution in [1.29, 1.82) is 0 Å². The third-order valence-electron chi connectivity index (χ3n) is 16.4. The van der Waals surface area contributed by atoms with Crippen molar-refractivity contribution in [2.24, 2.45) is 23.7 Å². The number of carbonyl (C=O) groups is 4. The summed E-state index contributed by atoms with van der Waals surface area (Å²) in [6, 6.07) is 0. The summed E-state index contributed by atoms with van der Waals surface area (Å²) in [6.45, 7) is 14.1. The molecule has 0 amide bonds. The number of aliphatic hydroxyl groups is 1. The van der Waals surface area contributed by atoms with Crippen LogP contribution in [0.1, 0.15) is 344 Å². The number of hydrogen-bond acceptors (Lipinski definition) is 15. The van der Waals surface area contributed by atoms with E-state index in [0.717, 1.165) is 120 Å². The first-order valence-electron chi connectivity index (χ1n) is 36.2. The molecule has 528 valence electrons. The van der Waals surface area contributed by atoms with Gasteiger partial charge >= 0.3 is 39.5 Å². The Balaban J connectivity index is 5.26. The molecule has 0 aromatic rings. The van der Waals surface area contributed by atoms with Crippen LogP contribution in [0.25, 0.3) is 0 Å². The molecule has 0 saturated carbocycles. The lowest BCUT2D eigenvalue weighted by Crippen LogP contribution is -2.30. The summed E-state index contributed by atoms with van der Waals surface area (Å²) in [5.41, 5.74) is 0. The zero-order valence-electron chi connectivity index (χ0n) is 58.1. The molecular weight excluding hydrogens is 1170 g/mol. The molecule has 0 aromatic heterocycles. The van der Waals surface area contributed by atoms with E-state index in [1.807, 2.05) is 0 Å². The standard InChI is InChI=1S/C70H136O17P2/c1-9-63(8)49-41-33-28-29-35-43-51-68(73)81-57-66(87-69(74)52-44-36-26-20-14-13-17-23-31-39-47-61(4)5)59-85-89(78,79)83-55-64(71)54-82-88(76,77)84-58-65(86-70(75)53-45-37-27-21-15-18-24-32-40-48-62(6)7)56-80-67(72)50-42-34-25-19-12-10-11-16-22-30-38-46-60(2)3/h60-66,71H,9-59H2,1-8H3,(H,76,77)(H,78,79)/t63?,64-,65-,66-/m1/s1. The second-order valence-corrected chi connectivity index (χ2v) is 29.8. The molecule has 89 heavy (non-hydrogen) atoms. The molecule has 3 unspecified atom stereocenters. The Morgan fingerprint density at radius 2 is 0.539 bits per heavy atom. The second-order valence-electron chi connectivity index (χ2n) is 26.9. The summed E-state index contributed by atoms with van der Waals surface area (Å²) in [5.74, 6) is 0.860. The second kappa shape index (κ2) is 59.8. The van der Waals surface area contributed by atoms with E-state index >= 15 is 0 Å². The van der Waals surface area contributed by atoms with Gasteiger partial charge in [0.05, 0.1) is 26.4 Å². The summed E-state index contributed by atoms with van der Waals surface area (Å²) < 4.78 is 68.3. The fourth-order valence-corrected chi connectivity index (χ4v) is 12.0. The van der Waals surface area contributed by atoms with E-state index in [-0.39, 0.29) is 25.7 Å². The fraction of sp³-hybridized carbons (Fsp3) is 0.943. The molecule has 0 aliphatic heterocycles. The fourth-order valence-electron chi connectivity index (χ4n) is 10.5. The van der Waals surface area contributed by atoms with E-state index in [9.17, 15) is 43.2 Å². The van der Waals surface area contributed by atoms with Crippen LogP contribution >= 0.6 is 15.6 Å². The number of esters is 4. The number of aliphatic hydroxyl groups excluding tert-OH is 1. The highest BCUT2D eigenvalue weighted by Gasteiger charge is 2.30. The van der Waals surface area contributed by atoms with E-state index < -0.39 is 97.5 Å². The maximum atomic E-state index is 13.0. The van der Waals surface area contributed by atoms with E-state index in [2.05, 4.69) is 55.4 Å². The minimum Gasteiger partial charge on any atom is -0.462 e. The van der Waals surface area contributed by atoms with E-state index in [1.54, 1.807) is 0 Å². The predicted octanol–water partition coefficient (Wildman–Crippen LogP) is 19.7. The van der Waals surface area contributed by atoms with Gasteiger partial charge in [0.25, 0.3) is 0 Å². The van der Waals surface area contributed by atoms with Crippen molar-refractivity contribution in [1.82, 2.24) is 0 Å². The van der Waals surface area contributed by atoms with Gasteiger partial charge in [-0.3, -0.25) is 37.3 Å². The molecule has 0 fully saturated rings. The van der Waals surface area contributed by atoms with Crippen molar-refractivity contribution in [3.8, 4) is 0 Å². The van der Waals surface area contributed by atoms with Crippen molar-refractivity contribution in [2.45, 2.75) is 363 Å². The summed E-state index contributed by atoms with van der Waals surface area (Å²) in [4.78, 5) is 72.5. The Morgan fingerprint density at radius 3 is 0.798 bits per heavy atom. The van der Waals surface area contributed by atoms with Gasteiger partial charge in [0.15, 0.2) is 12.2 Å². The average molecular weight is 1310 g/mol. The minimum atomic E-state index is -4.95. The lowest BCUT2D eigenvalue weighted by Gasteiger charge is -2.21. The van der Waals surface area contributed by atoms with Crippen molar-refractivity contribution in [3.63, 3.8) is 0 Å². The number of unbranched alkanes of at least 4 members (excludes halogenated alkanes) is 32. The van der Waals surface area contributed by atoms with Gasteiger partial charge in [-0.15, -0.1) is 0 Å². The van der Waals surface area contributed by atoms with Crippen molar-refractivity contribution < 1.29 is 80.2 Å². The Kier molecular flexibility index (Phi) is 58.5. The average Bonchev–Trinajstić information content (AvgIpc) is 3.69. The van der Waals surface area contributed by atoms with Crippen LogP contribution in [0.15, 0.2) is 0 Å². The van der Waals surface area contributed by atoms with Crippen LogP contribution in [-0.4, -0.2) is 96.7 Å². The van der Waals surface area contributed by atoms with Crippen LogP contribution in [0.2, 0.25) is 0 Å². The van der Waals surface area contributed by atoms with Gasteiger partial charge in [0, 0.05) is 25.7 Å². The number of carbonyl (C=O) groups excluding carboxylic acids is 4. The largest absolute Gasteiger partial charge is 0.472 e. The first-order chi connectivity index (χ1) is 42.6. The molecule has 0 spiro atoms. The Bertz CT molecular complexity index is 1770. The molecule has 17 nitrogen and oxygen atoms in total. The molecule has 0 saturated heterocycles. The van der Waals surface area contributed by atoms with Gasteiger partial charge in [-0.25, -0.2) is 9.13 Å². The van der Waals surface area contributed by atoms with Crippen LogP contribution < -0.4 is 0 Å². The maximum Gasteiger partial charge on any atom is 0.472 e. The molecule has 0 heterocycles. The molecule has 19 heteroatoms. The SMILES string of the molecule is CCC(C)CCCCCCCCC(=O)OC[C@H](COP(=O)(O)OC[C@H](O)COP(=O)(O)OC[C@@H](COC(=O)CCCCCCCCCCCCCC(C)C)OC(=O)CCCCCCCCCCCC(C)C)OC(=O)CCCCCCCCCCCCC(C)C. The van der Waals surface area contributed by atoms with Gasteiger partial charge in [0.2, 0.25) is 0 Å².